The Morgan fingerprint density at radius 3 is 2.47 bits per heavy atom. The van der Waals surface area contributed by atoms with Crippen LogP contribution in [0.5, 0.6) is 0 Å². The third kappa shape index (κ3) is 4.19. The first kappa shape index (κ1) is 15.3. The third-order valence-corrected chi connectivity index (χ3v) is 5.49. The van der Waals surface area contributed by atoms with Gasteiger partial charge < -0.3 is 10.2 Å². The molecule has 4 atom stereocenters. The molecule has 0 spiro atoms. The van der Waals surface area contributed by atoms with Gasteiger partial charge in [-0.3, -0.25) is 0 Å². The molecular weight excluding hydrogens is 232 g/mol. The molecule has 2 aliphatic heterocycles. The van der Waals surface area contributed by atoms with Crippen LogP contribution >= 0.6 is 0 Å². The van der Waals surface area contributed by atoms with Crippen molar-refractivity contribution >= 4 is 0 Å². The maximum atomic E-state index is 3.73. The van der Waals surface area contributed by atoms with Gasteiger partial charge in [0.25, 0.3) is 0 Å². The molecule has 2 fully saturated rings. The van der Waals surface area contributed by atoms with Crippen molar-refractivity contribution in [3.05, 3.63) is 0 Å². The van der Waals surface area contributed by atoms with Crippen LogP contribution in [0, 0.1) is 17.8 Å². The summed E-state index contributed by atoms with van der Waals surface area (Å²) >= 11 is 0. The SMILES string of the molecule is CC(C)C1CCC(CC(C)C2CCCCN2)CN1C. The second-order valence-corrected chi connectivity index (χ2v) is 7.46. The van der Waals surface area contributed by atoms with Crippen LogP contribution in [0.1, 0.15) is 59.3 Å². The number of nitrogens with zero attached hydrogens (tertiary/aromatic N) is 1. The van der Waals surface area contributed by atoms with E-state index in [1.807, 2.05) is 0 Å². The van der Waals surface area contributed by atoms with Crippen LogP contribution in [0.25, 0.3) is 0 Å². The lowest BCUT2D eigenvalue weighted by molar-refractivity contribution is 0.0900. The van der Waals surface area contributed by atoms with Gasteiger partial charge in [0, 0.05) is 18.6 Å². The van der Waals surface area contributed by atoms with Crippen molar-refractivity contribution in [3.8, 4) is 0 Å². The van der Waals surface area contributed by atoms with Crippen LogP contribution in [-0.2, 0) is 0 Å². The minimum atomic E-state index is 0.793. The molecule has 2 aliphatic rings. The van der Waals surface area contributed by atoms with E-state index < -0.39 is 0 Å². The molecule has 0 amide bonds. The van der Waals surface area contributed by atoms with Crippen molar-refractivity contribution in [2.24, 2.45) is 17.8 Å². The van der Waals surface area contributed by atoms with E-state index in [0.717, 1.165) is 29.8 Å². The number of hydrogen-bond acceptors (Lipinski definition) is 2. The number of nitrogens with one attached hydrogen (secondary N) is 1. The highest BCUT2D eigenvalue weighted by Crippen LogP contribution is 2.31. The van der Waals surface area contributed by atoms with Gasteiger partial charge in [0.05, 0.1) is 0 Å². The molecule has 112 valence electrons. The van der Waals surface area contributed by atoms with Crippen LogP contribution in [0.15, 0.2) is 0 Å². The summed E-state index contributed by atoms with van der Waals surface area (Å²) in [6, 6.07) is 1.61. The molecule has 0 saturated carbocycles. The third-order valence-electron chi connectivity index (χ3n) is 5.49. The van der Waals surface area contributed by atoms with Crippen molar-refractivity contribution in [2.75, 3.05) is 20.1 Å². The monoisotopic (exact) mass is 266 g/mol. The highest BCUT2D eigenvalue weighted by Gasteiger charge is 2.30. The highest BCUT2D eigenvalue weighted by atomic mass is 15.1. The fraction of sp³-hybridized carbons (Fsp3) is 1.00. The minimum Gasteiger partial charge on any atom is -0.314 e. The molecule has 2 rings (SSSR count). The molecular formula is C17H34N2. The van der Waals surface area contributed by atoms with Crippen LogP contribution in [-0.4, -0.2) is 37.1 Å². The molecule has 0 aliphatic carbocycles. The van der Waals surface area contributed by atoms with E-state index in [9.17, 15) is 0 Å². The summed E-state index contributed by atoms with van der Waals surface area (Å²) in [5, 5.41) is 3.73. The van der Waals surface area contributed by atoms with Gasteiger partial charge in [-0.15, -0.1) is 0 Å². The zero-order valence-electron chi connectivity index (χ0n) is 13.5. The van der Waals surface area contributed by atoms with Crippen molar-refractivity contribution in [1.29, 1.82) is 0 Å². The summed E-state index contributed by atoms with van der Waals surface area (Å²) in [5.74, 6) is 2.59. The lowest BCUT2D eigenvalue weighted by Gasteiger charge is -2.41. The Labute approximate surface area is 120 Å². The standard InChI is InChI=1S/C17H34N2/c1-13(2)17-9-8-15(12-19(17)4)11-14(3)16-7-5-6-10-18-16/h13-18H,5-12H2,1-4H3. The summed E-state index contributed by atoms with van der Waals surface area (Å²) < 4.78 is 0. The first-order valence-electron chi connectivity index (χ1n) is 8.51. The summed E-state index contributed by atoms with van der Waals surface area (Å²) in [6.45, 7) is 9.78. The van der Waals surface area contributed by atoms with Crippen molar-refractivity contribution in [3.63, 3.8) is 0 Å². The van der Waals surface area contributed by atoms with Gasteiger partial charge in [-0.1, -0.05) is 27.2 Å². The second-order valence-electron chi connectivity index (χ2n) is 7.46. The average Bonchev–Trinajstić information content (AvgIpc) is 2.39. The molecule has 0 aromatic rings. The predicted molar refractivity (Wildman–Crippen MR) is 83.4 cm³/mol. The molecule has 0 bridgehead atoms. The maximum absolute atomic E-state index is 3.73. The Bertz CT molecular complexity index is 258. The van der Waals surface area contributed by atoms with E-state index in [2.05, 4.69) is 38.0 Å². The van der Waals surface area contributed by atoms with E-state index in [1.165, 1.54) is 51.6 Å². The van der Waals surface area contributed by atoms with Crippen LogP contribution < -0.4 is 5.32 Å². The molecule has 0 radical (unpaired) electrons. The molecule has 2 saturated heterocycles. The zero-order chi connectivity index (χ0) is 13.8. The van der Waals surface area contributed by atoms with E-state index in [4.69, 9.17) is 0 Å². The quantitative estimate of drug-likeness (QED) is 0.837. The number of rotatable bonds is 4. The number of hydrogen-bond donors (Lipinski definition) is 1. The average molecular weight is 266 g/mol. The van der Waals surface area contributed by atoms with E-state index in [0.29, 0.717) is 0 Å². The number of piperidine rings is 2. The predicted octanol–water partition coefficient (Wildman–Crippen LogP) is 3.52. The van der Waals surface area contributed by atoms with Gasteiger partial charge in [-0.25, -0.2) is 0 Å². The molecule has 1 N–H and O–H groups in total. The maximum Gasteiger partial charge on any atom is 0.0115 e. The molecule has 2 nitrogen and oxygen atoms in total. The Morgan fingerprint density at radius 1 is 1.11 bits per heavy atom. The Kier molecular flexibility index (Phi) is 5.70. The van der Waals surface area contributed by atoms with E-state index in [1.54, 1.807) is 0 Å². The fourth-order valence-electron chi connectivity index (χ4n) is 4.35. The minimum absolute atomic E-state index is 0.793. The highest BCUT2D eigenvalue weighted by molar-refractivity contribution is 4.85. The zero-order valence-corrected chi connectivity index (χ0v) is 13.5. The van der Waals surface area contributed by atoms with Gasteiger partial charge >= 0.3 is 0 Å². The summed E-state index contributed by atoms with van der Waals surface area (Å²) in [4.78, 5) is 2.62. The topological polar surface area (TPSA) is 15.3 Å². The normalized spacial score (nSPS) is 35.5. The Balaban J connectivity index is 1.77. The molecule has 2 heterocycles. The van der Waals surface area contributed by atoms with Crippen molar-refractivity contribution in [2.45, 2.75) is 71.4 Å². The van der Waals surface area contributed by atoms with Gasteiger partial charge in [-0.05, 0) is 63.5 Å². The molecule has 0 aromatic carbocycles. The van der Waals surface area contributed by atoms with Crippen LogP contribution in [0.2, 0.25) is 0 Å². The van der Waals surface area contributed by atoms with Gasteiger partial charge in [0.15, 0.2) is 0 Å². The molecule has 19 heavy (non-hydrogen) atoms. The number of likely N-dealkylation sites (tertiary alicyclic amines) is 1. The van der Waals surface area contributed by atoms with Crippen molar-refractivity contribution < 1.29 is 0 Å². The smallest absolute Gasteiger partial charge is 0.0115 e. The Hall–Kier alpha value is -0.0800. The van der Waals surface area contributed by atoms with Crippen LogP contribution in [0.3, 0.4) is 0 Å². The van der Waals surface area contributed by atoms with E-state index in [-0.39, 0.29) is 0 Å². The summed E-state index contributed by atoms with van der Waals surface area (Å²) in [6.07, 6.45) is 8.49. The molecule has 0 aromatic heterocycles. The van der Waals surface area contributed by atoms with Crippen molar-refractivity contribution in [1.82, 2.24) is 10.2 Å². The van der Waals surface area contributed by atoms with Crippen LogP contribution in [0.4, 0.5) is 0 Å². The second kappa shape index (κ2) is 7.08. The first-order valence-corrected chi connectivity index (χ1v) is 8.51. The fourth-order valence-corrected chi connectivity index (χ4v) is 4.35. The van der Waals surface area contributed by atoms with Gasteiger partial charge in [-0.2, -0.15) is 0 Å². The van der Waals surface area contributed by atoms with Gasteiger partial charge in [0.1, 0.15) is 0 Å². The molecule has 4 unspecified atom stereocenters. The lowest BCUT2D eigenvalue weighted by Crippen LogP contribution is -2.45. The Morgan fingerprint density at radius 2 is 1.89 bits per heavy atom. The summed E-state index contributed by atoms with van der Waals surface area (Å²) in [7, 11) is 2.33. The van der Waals surface area contributed by atoms with E-state index >= 15 is 0 Å². The lowest BCUT2D eigenvalue weighted by atomic mass is 9.80. The largest absolute Gasteiger partial charge is 0.314 e. The summed E-state index contributed by atoms with van der Waals surface area (Å²) in [5.41, 5.74) is 0. The van der Waals surface area contributed by atoms with Gasteiger partial charge in [0.2, 0.25) is 0 Å². The first-order chi connectivity index (χ1) is 9.08. The molecule has 2 heteroatoms.